The summed E-state index contributed by atoms with van der Waals surface area (Å²) in [5.74, 6) is 1.14. The van der Waals surface area contributed by atoms with Crippen molar-refractivity contribution in [3.05, 3.63) is 42.1 Å². The van der Waals surface area contributed by atoms with Crippen LogP contribution in [-0.2, 0) is 0 Å². The lowest BCUT2D eigenvalue weighted by molar-refractivity contribution is 0.0934. The van der Waals surface area contributed by atoms with Crippen molar-refractivity contribution in [1.29, 1.82) is 0 Å². The second-order valence-corrected chi connectivity index (χ2v) is 6.03. The number of carbonyl (C=O) groups is 1. The summed E-state index contributed by atoms with van der Waals surface area (Å²) in [5.41, 5.74) is 1.31. The lowest BCUT2D eigenvalue weighted by Gasteiger charge is -2.13. The third-order valence-corrected chi connectivity index (χ3v) is 3.91. The molecule has 1 atom stereocenters. The fraction of sp³-hybridized carbons (Fsp3) is 0.389. The molecule has 1 amide bonds. The molecule has 0 saturated heterocycles. The molecule has 1 heterocycles. The zero-order chi connectivity index (χ0) is 16.2. The van der Waals surface area contributed by atoms with Gasteiger partial charge in [-0.15, -0.1) is 0 Å². The Balaban J connectivity index is 1.92. The van der Waals surface area contributed by atoms with Gasteiger partial charge in [0.05, 0.1) is 0 Å². The van der Waals surface area contributed by atoms with Crippen LogP contribution in [0.2, 0.25) is 0 Å². The molecule has 1 saturated carbocycles. The fourth-order valence-corrected chi connectivity index (χ4v) is 2.19. The van der Waals surface area contributed by atoms with E-state index < -0.39 is 0 Å². The van der Waals surface area contributed by atoms with Gasteiger partial charge in [-0.2, -0.15) is 0 Å². The van der Waals surface area contributed by atoms with Crippen LogP contribution >= 0.6 is 0 Å². The van der Waals surface area contributed by atoms with Crippen LogP contribution in [0.15, 0.2) is 36.4 Å². The molecule has 0 spiro atoms. The molecule has 1 aromatic heterocycles. The number of carbonyl (C=O) groups excluding carboxylic acids is 1. The van der Waals surface area contributed by atoms with Gasteiger partial charge in [0.15, 0.2) is 5.82 Å². The van der Waals surface area contributed by atoms with E-state index in [9.17, 15) is 4.79 Å². The van der Waals surface area contributed by atoms with Crippen molar-refractivity contribution in [2.24, 2.45) is 0 Å². The number of amides is 1. The third kappa shape index (κ3) is 4.06. The molecule has 120 valence electrons. The largest absolute Gasteiger partial charge is 0.367 e. The van der Waals surface area contributed by atoms with E-state index in [1.807, 2.05) is 44.2 Å². The number of aromatic nitrogens is 2. The summed E-state index contributed by atoms with van der Waals surface area (Å²) < 4.78 is 0. The molecule has 3 rings (SSSR count). The fourth-order valence-electron chi connectivity index (χ4n) is 2.19. The Morgan fingerprint density at radius 3 is 2.65 bits per heavy atom. The summed E-state index contributed by atoms with van der Waals surface area (Å²) in [4.78, 5) is 21.4. The van der Waals surface area contributed by atoms with E-state index >= 15 is 0 Å². The first-order chi connectivity index (χ1) is 11.2. The van der Waals surface area contributed by atoms with Gasteiger partial charge < -0.3 is 10.6 Å². The van der Waals surface area contributed by atoms with E-state index in [4.69, 9.17) is 0 Å². The van der Waals surface area contributed by atoms with Gasteiger partial charge in [-0.25, -0.2) is 9.97 Å². The molecule has 2 N–H and O–H groups in total. The number of nitrogens with one attached hydrogen (secondary N) is 2. The van der Waals surface area contributed by atoms with Crippen molar-refractivity contribution < 1.29 is 4.79 Å². The van der Waals surface area contributed by atoms with Gasteiger partial charge in [0.25, 0.3) is 5.91 Å². The van der Waals surface area contributed by atoms with E-state index in [-0.39, 0.29) is 11.9 Å². The molecule has 23 heavy (non-hydrogen) atoms. The van der Waals surface area contributed by atoms with Gasteiger partial charge in [0.1, 0.15) is 11.5 Å². The van der Waals surface area contributed by atoms with Crippen LogP contribution in [0, 0.1) is 0 Å². The topological polar surface area (TPSA) is 66.9 Å². The lowest BCUT2D eigenvalue weighted by atomic mass is 10.2. The molecule has 1 aliphatic carbocycles. The molecule has 5 nitrogen and oxygen atoms in total. The van der Waals surface area contributed by atoms with Gasteiger partial charge in [0.2, 0.25) is 0 Å². The van der Waals surface area contributed by atoms with Crippen LogP contribution in [0.3, 0.4) is 0 Å². The van der Waals surface area contributed by atoms with E-state index in [0.29, 0.717) is 17.6 Å². The SMILES string of the molecule is CCC(C)NC(=O)c1cc(NC2CC2)nc(-c2ccccc2)n1. The molecule has 2 aromatic rings. The number of hydrogen-bond donors (Lipinski definition) is 2. The second-order valence-electron chi connectivity index (χ2n) is 6.03. The Labute approximate surface area is 136 Å². The Morgan fingerprint density at radius 2 is 2.00 bits per heavy atom. The lowest BCUT2D eigenvalue weighted by Crippen LogP contribution is -2.32. The van der Waals surface area contributed by atoms with Crippen LogP contribution in [-0.4, -0.2) is 28.0 Å². The van der Waals surface area contributed by atoms with Gasteiger partial charge >= 0.3 is 0 Å². The maximum absolute atomic E-state index is 12.4. The smallest absolute Gasteiger partial charge is 0.270 e. The minimum atomic E-state index is -0.155. The molecule has 1 fully saturated rings. The van der Waals surface area contributed by atoms with Crippen molar-refractivity contribution in [1.82, 2.24) is 15.3 Å². The quantitative estimate of drug-likeness (QED) is 0.859. The van der Waals surface area contributed by atoms with Crippen LogP contribution in [0.1, 0.15) is 43.6 Å². The van der Waals surface area contributed by atoms with Gasteiger partial charge in [-0.05, 0) is 26.2 Å². The van der Waals surface area contributed by atoms with Crippen LogP contribution in [0.4, 0.5) is 5.82 Å². The minimum Gasteiger partial charge on any atom is -0.367 e. The zero-order valence-electron chi connectivity index (χ0n) is 13.5. The van der Waals surface area contributed by atoms with Crippen molar-refractivity contribution in [3.8, 4) is 11.4 Å². The first kappa shape index (κ1) is 15.5. The number of benzene rings is 1. The zero-order valence-corrected chi connectivity index (χ0v) is 13.5. The van der Waals surface area contributed by atoms with Gasteiger partial charge in [-0.3, -0.25) is 4.79 Å². The van der Waals surface area contributed by atoms with Crippen LogP contribution < -0.4 is 10.6 Å². The highest BCUT2D eigenvalue weighted by Crippen LogP contribution is 2.25. The summed E-state index contributed by atoms with van der Waals surface area (Å²) in [6, 6.07) is 12.1. The van der Waals surface area contributed by atoms with E-state index in [2.05, 4.69) is 20.6 Å². The molecule has 0 radical (unpaired) electrons. The first-order valence-corrected chi connectivity index (χ1v) is 8.17. The Hall–Kier alpha value is -2.43. The normalized spacial score (nSPS) is 15.0. The van der Waals surface area contributed by atoms with Crippen LogP contribution in [0.25, 0.3) is 11.4 Å². The summed E-state index contributed by atoms with van der Waals surface area (Å²) in [6.45, 7) is 4.03. The number of anilines is 1. The molecule has 0 bridgehead atoms. The van der Waals surface area contributed by atoms with E-state index in [1.165, 1.54) is 0 Å². The summed E-state index contributed by atoms with van der Waals surface area (Å²) in [6.07, 6.45) is 3.19. The van der Waals surface area contributed by atoms with Crippen molar-refractivity contribution in [2.45, 2.75) is 45.2 Å². The number of hydrogen-bond acceptors (Lipinski definition) is 4. The summed E-state index contributed by atoms with van der Waals surface area (Å²) in [7, 11) is 0. The Morgan fingerprint density at radius 1 is 1.26 bits per heavy atom. The highest BCUT2D eigenvalue weighted by molar-refractivity contribution is 5.93. The van der Waals surface area contributed by atoms with Crippen LogP contribution in [0.5, 0.6) is 0 Å². The molecule has 0 aliphatic heterocycles. The average molecular weight is 310 g/mol. The molecule has 1 aromatic carbocycles. The second kappa shape index (κ2) is 6.77. The van der Waals surface area contributed by atoms with E-state index in [1.54, 1.807) is 6.07 Å². The standard InChI is InChI=1S/C18H22N4O/c1-3-12(2)19-18(23)15-11-16(20-14-9-10-14)22-17(21-15)13-7-5-4-6-8-13/h4-8,11-12,14H,3,9-10H2,1-2H3,(H,19,23)(H,20,21,22). The Bertz CT molecular complexity index is 683. The van der Waals surface area contributed by atoms with Gasteiger partial charge in [-0.1, -0.05) is 37.3 Å². The van der Waals surface area contributed by atoms with E-state index in [0.717, 1.165) is 30.6 Å². The van der Waals surface area contributed by atoms with Crippen molar-refractivity contribution >= 4 is 11.7 Å². The first-order valence-electron chi connectivity index (χ1n) is 8.17. The maximum Gasteiger partial charge on any atom is 0.270 e. The van der Waals surface area contributed by atoms with Crippen molar-refractivity contribution in [3.63, 3.8) is 0 Å². The molecular weight excluding hydrogens is 288 g/mol. The monoisotopic (exact) mass is 310 g/mol. The average Bonchev–Trinajstić information content (AvgIpc) is 3.39. The maximum atomic E-state index is 12.4. The summed E-state index contributed by atoms with van der Waals surface area (Å²) in [5, 5.41) is 6.32. The summed E-state index contributed by atoms with van der Waals surface area (Å²) >= 11 is 0. The predicted octanol–water partition coefficient (Wildman–Crippen LogP) is 3.25. The minimum absolute atomic E-state index is 0.123. The predicted molar refractivity (Wildman–Crippen MR) is 91.3 cm³/mol. The highest BCUT2D eigenvalue weighted by Gasteiger charge is 2.23. The number of nitrogens with zero attached hydrogens (tertiary/aromatic N) is 2. The highest BCUT2D eigenvalue weighted by atomic mass is 16.1. The Kier molecular flexibility index (Phi) is 4.55. The van der Waals surface area contributed by atoms with Gasteiger partial charge in [0, 0.05) is 23.7 Å². The number of rotatable bonds is 6. The molecular formula is C18H22N4O. The van der Waals surface area contributed by atoms with Crippen molar-refractivity contribution in [2.75, 3.05) is 5.32 Å². The molecule has 1 unspecified atom stereocenters. The molecule has 1 aliphatic rings. The third-order valence-electron chi connectivity index (χ3n) is 3.91. The molecule has 5 heteroatoms.